The van der Waals surface area contributed by atoms with Gasteiger partial charge in [-0.15, -0.1) is 0 Å². The summed E-state index contributed by atoms with van der Waals surface area (Å²) < 4.78 is 9.67. The van der Waals surface area contributed by atoms with Crippen LogP contribution in [0.3, 0.4) is 0 Å². The van der Waals surface area contributed by atoms with Gasteiger partial charge >= 0.3 is 0 Å². The Kier molecular flexibility index (Phi) is 2.15. The maximum atomic E-state index is 8.42. The number of aliphatic hydroxyl groups is 1. The van der Waals surface area contributed by atoms with Gasteiger partial charge in [-0.1, -0.05) is 0 Å². The largest absolute Gasteiger partial charge is 0.466 e. The number of rotatable bonds is 2. The number of hydrogen-bond donors (Lipinski definition) is 1. The Balaban J connectivity index is 2.32. The fraction of sp³-hybridized carbons (Fsp3) is 0.333. The fourth-order valence-corrected chi connectivity index (χ4v) is 0.518. The molecule has 0 aliphatic carbocycles. The quantitative estimate of drug-likeness (QED) is 0.595. The van der Waals surface area contributed by atoms with Gasteiger partial charge in [0.15, 0.2) is 0 Å². The predicted octanol–water partition coefficient (Wildman–Crippen LogP) is 0.728. The highest BCUT2D eigenvalue weighted by molar-refractivity contribution is 4.94. The summed E-state index contributed by atoms with van der Waals surface area (Å²) in [5, 5.41) is 8.42. The van der Waals surface area contributed by atoms with Gasteiger partial charge in [-0.3, -0.25) is 0 Å². The van der Waals surface area contributed by atoms with Crippen LogP contribution in [0.4, 0.5) is 0 Å². The highest BCUT2D eigenvalue weighted by Gasteiger charge is 1.98. The molecule has 1 N–H and O–H groups in total. The van der Waals surface area contributed by atoms with Gasteiger partial charge in [0, 0.05) is 6.42 Å². The van der Waals surface area contributed by atoms with Crippen molar-refractivity contribution in [3.05, 3.63) is 24.5 Å². The number of hydrogen-bond acceptors (Lipinski definition) is 3. The summed E-state index contributed by atoms with van der Waals surface area (Å²) >= 11 is 0. The average molecular weight is 128 g/mol. The van der Waals surface area contributed by atoms with Crippen molar-refractivity contribution in [3.63, 3.8) is 0 Å². The molecule has 0 aromatic carbocycles. The van der Waals surface area contributed by atoms with Gasteiger partial charge < -0.3 is 14.6 Å². The molecule has 1 heterocycles. The standard InChI is InChI=1S/C6H8O3/c7-2-1-6-5-8-3-4-9-6/h3-5,7H,1-2H2. The fourth-order valence-electron chi connectivity index (χ4n) is 0.518. The molecule has 50 valence electrons. The normalized spacial score (nSPS) is 15.9. The smallest absolute Gasteiger partial charge is 0.141 e. The molecule has 0 radical (unpaired) electrons. The summed E-state index contributed by atoms with van der Waals surface area (Å²) in [4.78, 5) is 0. The van der Waals surface area contributed by atoms with Gasteiger partial charge in [0.05, 0.1) is 6.61 Å². The van der Waals surface area contributed by atoms with E-state index in [9.17, 15) is 0 Å². The van der Waals surface area contributed by atoms with Crippen molar-refractivity contribution >= 4 is 0 Å². The molecule has 0 spiro atoms. The van der Waals surface area contributed by atoms with Crippen LogP contribution in [0, 0.1) is 0 Å². The molecule has 9 heavy (non-hydrogen) atoms. The molecule has 0 saturated carbocycles. The van der Waals surface area contributed by atoms with Crippen molar-refractivity contribution in [2.75, 3.05) is 6.61 Å². The van der Waals surface area contributed by atoms with Crippen molar-refractivity contribution in [1.29, 1.82) is 0 Å². The first-order valence-electron chi connectivity index (χ1n) is 2.70. The molecule has 0 fully saturated rings. The Morgan fingerprint density at radius 3 is 2.89 bits per heavy atom. The third-order valence-electron chi connectivity index (χ3n) is 0.911. The minimum atomic E-state index is 0.0863. The van der Waals surface area contributed by atoms with E-state index < -0.39 is 0 Å². The van der Waals surface area contributed by atoms with Gasteiger partial charge in [-0.05, 0) is 0 Å². The Hall–Kier alpha value is -0.960. The third kappa shape index (κ3) is 1.77. The summed E-state index contributed by atoms with van der Waals surface area (Å²) in [6.45, 7) is 0.0863. The van der Waals surface area contributed by atoms with Crippen molar-refractivity contribution < 1.29 is 14.6 Å². The van der Waals surface area contributed by atoms with E-state index in [2.05, 4.69) is 0 Å². The molecule has 0 aromatic heterocycles. The van der Waals surface area contributed by atoms with Gasteiger partial charge in [-0.25, -0.2) is 0 Å². The summed E-state index contributed by atoms with van der Waals surface area (Å²) in [5.41, 5.74) is 0. The van der Waals surface area contributed by atoms with E-state index in [4.69, 9.17) is 14.6 Å². The van der Waals surface area contributed by atoms with Gasteiger partial charge in [0.1, 0.15) is 24.5 Å². The minimum absolute atomic E-state index is 0.0863. The molecule has 3 heteroatoms. The maximum absolute atomic E-state index is 8.42. The van der Waals surface area contributed by atoms with Crippen molar-refractivity contribution in [2.45, 2.75) is 6.42 Å². The molecule has 3 nitrogen and oxygen atoms in total. The van der Waals surface area contributed by atoms with Crippen LogP contribution in [-0.2, 0) is 9.47 Å². The van der Waals surface area contributed by atoms with E-state index in [0.29, 0.717) is 12.2 Å². The molecule has 1 rings (SSSR count). The molecule has 0 amide bonds. The number of ether oxygens (including phenoxy) is 2. The first kappa shape index (κ1) is 6.16. The third-order valence-corrected chi connectivity index (χ3v) is 0.911. The highest BCUT2D eigenvalue weighted by Crippen LogP contribution is 2.07. The molecular formula is C6H8O3. The van der Waals surface area contributed by atoms with Crippen LogP contribution >= 0.6 is 0 Å². The summed E-state index contributed by atoms with van der Waals surface area (Å²) in [5.74, 6) is 0.653. The first-order chi connectivity index (χ1) is 4.43. The summed E-state index contributed by atoms with van der Waals surface area (Å²) in [6.07, 6.45) is 4.84. The Morgan fingerprint density at radius 2 is 2.33 bits per heavy atom. The van der Waals surface area contributed by atoms with Crippen molar-refractivity contribution in [2.24, 2.45) is 0 Å². The zero-order valence-corrected chi connectivity index (χ0v) is 4.91. The van der Waals surface area contributed by atoms with E-state index >= 15 is 0 Å². The van der Waals surface area contributed by atoms with Gasteiger partial charge in [-0.2, -0.15) is 0 Å². The van der Waals surface area contributed by atoms with Crippen LogP contribution in [0.2, 0.25) is 0 Å². The molecule has 0 unspecified atom stereocenters. The van der Waals surface area contributed by atoms with E-state index in [-0.39, 0.29) is 6.61 Å². The van der Waals surface area contributed by atoms with Crippen LogP contribution in [0.25, 0.3) is 0 Å². The molecule has 1 aliphatic rings. The second-order valence-corrected chi connectivity index (χ2v) is 1.58. The summed E-state index contributed by atoms with van der Waals surface area (Å²) in [6, 6.07) is 0. The maximum Gasteiger partial charge on any atom is 0.141 e. The lowest BCUT2D eigenvalue weighted by Crippen LogP contribution is -1.94. The Labute approximate surface area is 53.2 Å². The van der Waals surface area contributed by atoms with Crippen LogP contribution in [0.1, 0.15) is 6.42 Å². The molecule has 0 bridgehead atoms. The van der Waals surface area contributed by atoms with Crippen LogP contribution in [0.15, 0.2) is 24.5 Å². The van der Waals surface area contributed by atoms with Crippen LogP contribution in [-0.4, -0.2) is 11.7 Å². The minimum Gasteiger partial charge on any atom is -0.466 e. The van der Waals surface area contributed by atoms with E-state index in [1.54, 1.807) is 0 Å². The SMILES string of the molecule is OCCC1=COC=CO1. The van der Waals surface area contributed by atoms with Gasteiger partial charge in [0.2, 0.25) is 0 Å². The highest BCUT2D eigenvalue weighted by atomic mass is 16.5. The van der Waals surface area contributed by atoms with Gasteiger partial charge in [0.25, 0.3) is 0 Å². The van der Waals surface area contributed by atoms with Crippen molar-refractivity contribution in [3.8, 4) is 0 Å². The lowest BCUT2D eigenvalue weighted by Gasteiger charge is -2.06. The molecule has 0 atom stereocenters. The second-order valence-electron chi connectivity index (χ2n) is 1.58. The average Bonchev–Trinajstić information content (AvgIpc) is 1.91. The zero-order chi connectivity index (χ0) is 6.53. The topological polar surface area (TPSA) is 38.7 Å². The summed E-state index contributed by atoms with van der Waals surface area (Å²) in [7, 11) is 0. The van der Waals surface area contributed by atoms with E-state index in [1.165, 1.54) is 18.8 Å². The molecule has 0 aromatic rings. The molecular weight excluding hydrogens is 120 g/mol. The Morgan fingerprint density at radius 1 is 1.44 bits per heavy atom. The lowest BCUT2D eigenvalue weighted by molar-refractivity contribution is 0.216. The van der Waals surface area contributed by atoms with E-state index in [0.717, 1.165) is 0 Å². The predicted molar refractivity (Wildman–Crippen MR) is 31.1 cm³/mol. The van der Waals surface area contributed by atoms with Crippen molar-refractivity contribution in [1.82, 2.24) is 0 Å². The molecule has 1 aliphatic heterocycles. The molecule has 0 saturated heterocycles. The monoisotopic (exact) mass is 128 g/mol. The first-order valence-corrected chi connectivity index (χ1v) is 2.70. The van der Waals surface area contributed by atoms with Crippen LogP contribution < -0.4 is 0 Å². The van der Waals surface area contributed by atoms with Crippen LogP contribution in [0.5, 0.6) is 0 Å². The van der Waals surface area contributed by atoms with E-state index in [1.807, 2.05) is 0 Å². The lowest BCUT2D eigenvalue weighted by atomic mass is 10.4. The Bertz CT molecular complexity index is 137. The number of aliphatic hydroxyl groups excluding tert-OH is 1. The second kappa shape index (κ2) is 3.14. The zero-order valence-electron chi connectivity index (χ0n) is 4.91.